The van der Waals surface area contributed by atoms with Gasteiger partial charge in [-0.15, -0.1) is 0 Å². The molecule has 0 aliphatic carbocycles. The molecule has 1 N–H and O–H groups in total. The number of pyridine rings is 1. The molecule has 7 heteroatoms. The van der Waals surface area contributed by atoms with E-state index in [1.165, 1.54) is 0 Å². The van der Waals surface area contributed by atoms with Crippen molar-refractivity contribution in [3.05, 3.63) is 40.0 Å². The average Bonchev–Trinajstić information content (AvgIpc) is 3.23. The second kappa shape index (κ2) is 6.55. The molecule has 0 saturated carbocycles. The standard InChI is InChI=1S/C18H24N4O3/c1-12-11-24-7-6-21(12)14-9-17(19-18(23)10-14)22-5-3-4-16(22)15-8-13(2)25-20-15/h8-10,12,16H,3-7,11H2,1-2H3,(H,19,23). The summed E-state index contributed by atoms with van der Waals surface area (Å²) >= 11 is 0. The molecule has 2 unspecified atom stereocenters. The number of ether oxygens (including phenoxy) is 1. The number of aryl methyl sites for hydroxylation is 1. The van der Waals surface area contributed by atoms with Crippen molar-refractivity contribution in [1.29, 1.82) is 0 Å². The van der Waals surface area contributed by atoms with Gasteiger partial charge in [-0.3, -0.25) is 4.79 Å². The second-order valence-corrected chi connectivity index (χ2v) is 6.92. The van der Waals surface area contributed by atoms with Crippen LogP contribution in [0.5, 0.6) is 0 Å². The van der Waals surface area contributed by atoms with Crippen molar-refractivity contribution in [2.75, 3.05) is 36.1 Å². The molecule has 0 aromatic carbocycles. The van der Waals surface area contributed by atoms with Crippen molar-refractivity contribution in [1.82, 2.24) is 10.1 Å². The summed E-state index contributed by atoms with van der Waals surface area (Å²) in [6.07, 6.45) is 2.07. The van der Waals surface area contributed by atoms with E-state index in [1.54, 1.807) is 6.07 Å². The lowest BCUT2D eigenvalue weighted by Gasteiger charge is -2.35. The van der Waals surface area contributed by atoms with Crippen LogP contribution in [0.2, 0.25) is 0 Å². The lowest BCUT2D eigenvalue weighted by atomic mass is 10.1. The van der Waals surface area contributed by atoms with Crippen molar-refractivity contribution >= 4 is 11.5 Å². The fraction of sp³-hybridized carbons (Fsp3) is 0.556. The number of H-pyrrole nitrogens is 1. The highest BCUT2D eigenvalue weighted by atomic mass is 16.5. The fourth-order valence-electron chi connectivity index (χ4n) is 3.85. The summed E-state index contributed by atoms with van der Waals surface area (Å²) in [6, 6.07) is 6.14. The van der Waals surface area contributed by atoms with E-state index in [2.05, 4.69) is 32.9 Å². The predicted octanol–water partition coefficient (Wildman–Crippen LogP) is 2.24. The molecule has 0 bridgehead atoms. The van der Waals surface area contributed by atoms with Crippen molar-refractivity contribution in [2.45, 2.75) is 38.8 Å². The molecule has 2 saturated heterocycles. The summed E-state index contributed by atoms with van der Waals surface area (Å²) < 4.78 is 10.8. The Morgan fingerprint density at radius 2 is 2.12 bits per heavy atom. The third kappa shape index (κ3) is 3.16. The van der Waals surface area contributed by atoms with Crippen LogP contribution in [0.4, 0.5) is 11.5 Å². The van der Waals surface area contributed by atoms with Crippen molar-refractivity contribution < 1.29 is 9.26 Å². The van der Waals surface area contributed by atoms with E-state index in [0.29, 0.717) is 13.2 Å². The lowest BCUT2D eigenvalue weighted by Crippen LogP contribution is -2.44. The van der Waals surface area contributed by atoms with Gasteiger partial charge >= 0.3 is 0 Å². The van der Waals surface area contributed by atoms with E-state index < -0.39 is 0 Å². The van der Waals surface area contributed by atoms with Crippen molar-refractivity contribution in [3.63, 3.8) is 0 Å². The number of aromatic amines is 1. The van der Waals surface area contributed by atoms with Crippen molar-refractivity contribution in [2.24, 2.45) is 0 Å². The molecule has 7 nitrogen and oxygen atoms in total. The first-order valence-corrected chi connectivity index (χ1v) is 8.90. The fourth-order valence-corrected chi connectivity index (χ4v) is 3.85. The Morgan fingerprint density at radius 1 is 1.24 bits per heavy atom. The van der Waals surface area contributed by atoms with E-state index in [4.69, 9.17) is 9.26 Å². The Hall–Kier alpha value is -2.28. The number of anilines is 2. The zero-order valence-corrected chi connectivity index (χ0v) is 14.7. The first kappa shape index (κ1) is 16.2. The Bertz CT molecular complexity index is 800. The minimum absolute atomic E-state index is 0.0758. The number of hydrogen-bond donors (Lipinski definition) is 1. The van der Waals surface area contributed by atoms with Gasteiger partial charge in [0.25, 0.3) is 5.56 Å². The second-order valence-electron chi connectivity index (χ2n) is 6.92. The minimum atomic E-state index is -0.0758. The van der Waals surface area contributed by atoms with Crippen LogP contribution in [-0.4, -0.2) is 42.5 Å². The first-order chi connectivity index (χ1) is 12.1. The van der Waals surface area contributed by atoms with Crippen LogP contribution in [0.1, 0.15) is 37.3 Å². The SMILES string of the molecule is Cc1cc(C2CCCN2c2cc(N3CCOCC3C)cc(=O)[nH]2)no1. The third-order valence-electron chi connectivity index (χ3n) is 5.06. The number of nitrogens with zero attached hydrogens (tertiary/aromatic N) is 3. The molecule has 0 radical (unpaired) electrons. The smallest absolute Gasteiger partial charge is 0.251 e. The molecule has 134 valence electrons. The Morgan fingerprint density at radius 3 is 2.88 bits per heavy atom. The van der Waals surface area contributed by atoms with Crippen LogP contribution in [0.3, 0.4) is 0 Å². The van der Waals surface area contributed by atoms with E-state index >= 15 is 0 Å². The monoisotopic (exact) mass is 344 g/mol. The van der Waals surface area contributed by atoms with E-state index in [1.807, 2.05) is 13.0 Å². The van der Waals surface area contributed by atoms with E-state index in [9.17, 15) is 4.79 Å². The third-order valence-corrected chi connectivity index (χ3v) is 5.06. The van der Waals surface area contributed by atoms with Gasteiger partial charge in [-0.05, 0) is 26.7 Å². The topological polar surface area (TPSA) is 74.6 Å². The van der Waals surface area contributed by atoms with Gasteiger partial charge in [0.1, 0.15) is 17.3 Å². The highest BCUT2D eigenvalue weighted by Crippen LogP contribution is 2.35. The Kier molecular flexibility index (Phi) is 4.25. The normalized spacial score (nSPS) is 24.1. The molecular formula is C18H24N4O3. The summed E-state index contributed by atoms with van der Waals surface area (Å²) in [5.74, 6) is 1.66. The van der Waals surface area contributed by atoms with Gasteiger partial charge in [-0.1, -0.05) is 5.16 Å². The average molecular weight is 344 g/mol. The summed E-state index contributed by atoms with van der Waals surface area (Å²) in [6.45, 7) is 7.10. The Labute approximate surface area is 146 Å². The van der Waals surface area contributed by atoms with Gasteiger partial charge in [-0.25, -0.2) is 0 Å². The molecule has 0 spiro atoms. The molecule has 2 atom stereocenters. The summed E-state index contributed by atoms with van der Waals surface area (Å²) in [7, 11) is 0. The summed E-state index contributed by atoms with van der Waals surface area (Å²) in [5.41, 5.74) is 1.81. The number of hydrogen-bond acceptors (Lipinski definition) is 6. The minimum Gasteiger partial charge on any atom is -0.377 e. The molecule has 4 rings (SSSR count). The molecule has 4 heterocycles. The first-order valence-electron chi connectivity index (χ1n) is 8.90. The van der Waals surface area contributed by atoms with Gasteiger partial charge in [-0.2, -0.15) is 0 Å². The van der Waals surface area contributed by atoms with E-state index in [-0.39, 0.29) is 17.6 Å². The highest BCUT2D eigenvalue weighted by molar-refractivity contribution is 5.57. The predicted molar refractivity (Wildman–Crippen MR) is 95.3 cm³/mol. The van der Waals surface area contributed by atoms with Crippen LogP contribution in [0.25, 0.3) is 0 Å². The maximum Gasteiger partial charge on any atom is 0.251 e. The van der Waals surface area contributed by atoms with Gasteiger partial charge in [0.2, 0.25) is 0 Å². The number of nitrogens with one attached hydrogen (secondary N) is 1. The van der Waals surface area contributed by atoms with Gasteiger partial charge < -0.3 is 24.0 Å². The zero-order chi connectivity index (χ0) is 17.4. The number of rotatable bonds is 3. The molecule has 2 aliphatic heterocycles. The van der Waals surface area contributed by atoms with Gasteiger partial charge in [0.15, 0.2) is 0 Å². The lowest BCUT2D eigenvalue weighted by molar-refractivity contribution is 0.0989. The Balaban J connectivity index is 1.66. The zero-order valence-electron chi connectivity index (χ0n) is 14.7. The largest absolute Gasteiger partial charge is 0.377 e. The van der Waals surface area contributed by atoms with Crippen LogP contribution in [0.15, 0.2) is 27.5 Å². The molecule has 2 fully saturated rings. The maximum atomic E-state index is 12.3. The van der Waals surface area contributed by atoms with Gasteiger partial charge in [0.05, 0.1) is 19.3 Å². The molecule has 2 aromatic rings. The molecule has 25 heavy (non-hydrogen) atoms. The quantitative estimate of drug-likeness (QED) is 0.920. The molecular weight excluding hydrogens is 320 g/mol. The van der Waals surface area contributed by atoms with E-state index in [0.717, 1.165) is 48.9 Å². The number of morpholine rings is 1. The van der Waals surface area contributed by atoms with Crippen LogP contribution in [-0.2, 0) is 4.74 Å². The summed E-state index contributed by atoms with van der Waals surface area (Å²) in [4.78, 5) is 19.8. The van der Waals surface area contributed by atoms with Gasteiger partial charge in [0, 0.05) is 43.0 Å². The van der Waals surface area contributed by atoms with Crippen molar-refractivity contribution in [3.8, 4) is 0 Å². The number of aromatic nitrogens is 2. The molecule has 2 aromatic heterocycles. The van der Waals surface area contributed by atoms with Crippen LogP contribution in [0, 0.1) is 6.92 Å². The summed E-state index contributed by atoms with van der Waals surface area (Å²) in [5, 5.41) is 4.18. The molecule has 0 amide bonds. The van der Waals surface area contributed by atoms with Crippen LogP contribution >= 0.6 is 0 Å². The highest BCUT2D eigenvalue weighted by Gasteiger charge is 2.30. The van der Waals surface area contributed by atoms with Crippen LogP contribution < -0.4 is 15.4 Å². The molecule has 2 aliphatic rings. The maximum absolute atomic E-state index is 12.3.